The molecule has 1 fully saturated rings. The number of aromatic nitrogens is 2. The van der Waals surface area contributed by atoms with Gasteiger partial charge < -0.3 is 5.11 Å². The largest absolute Gasteiger partial charge is 0.506 e. The Balaban J connectivity index is 2.22. The predicted molar refractivity (Wildman–Crippen MR) is 69.2 cm³/mol. The predicted octanol–water partition coefficient (Wildman–Crippen LogP) is 3.02. The van der Waals surface area contributed by atoms with Crippen LogP contribution in [0.5, 0.6) is 5.75 Å². The number of hydrogen-bond acceptors (Lipinski definition) is 3. The molecule has 3 rings (SSSR count). The van der Waals surface area contributed by atoms with Crippen LogP contribution >= 0.6 is 27.7 Å². The maximum Gasteiger partial charge on any atom is 0.142 e. The van der Waals surface area contributed by atoms with Gasteiger partial charge in [0, 0.05) is 17.9 Å². The molecule has 1 aliphatic heterocycles. The van der Waals surface area contributed by atoms with Crippen LogP contribution in [-0.2, 0) is 0 Å². The molecule has 5 heteroatoms. The molecule has 2 aromatic heterocycles. The van der Waals surface area contributed by atoms with E-state index in [-0.39, 0.29) is 5.75 Å². The molecule has 3 heterocycles. The molecule has 1 unspecified atom stereocenters. The van der Waals surface area contributed by atoms with Crippen LogP contribution in [0.25, 0.3) is 5.52 Å². The Kier molecular flexibility index (Phi) is 2.59. The Bertz CT molecular complexity index is 534. The van der Waals surface area contributed by atoms with Crippen molar-refractivity contribution >= 4 is 33.2 Å². The fraction of sp³-hybridized carbons (Fsp3) is 0.364. The highest BCUT2D eigenvalue weighted by molar-refractivity contribution is 9.10. The van der Waals surface area contributed by atoms with Gasteiger partial charge in [-0.15, -0.1) is 0 Å². The molecule has 1 saturated heterocycles. The number of thioether (sulfide) groups is 1. The van der Waals surface area contributed by atoms with Gasteiger partial charge >= 0.3 is 0 Å². The minimum absolute atomic E-state index is 0.277. The van der Waals surface area contributed by atoms with Crippen molar-refractivity contribution in [3.63, 3.8) is 0 Å². The number of pyridine rings is 1. The van der Waals surface area contributed by atoms with Crippen molar-refractivity contribution in [2.24, 2.45) is 0 Å². The van der Waals surface area contributed by atoms with E-state index in [1.807, 2.05) is 28.4 Å². The van der Waals surface area contributed by atoms with Gasteiger partial charge in [-0.25, -0.2) is 4.98 Å². The molecule has 0 spiro atoms. The van der Waals surface area contributed by atoms with Crippen LogP contribution in [0, 0.1) is 0 Å². The van der Waals surface area contributed by atoms with Crippen molar-refractivity contribution in [2.75, 3.05) is 11.5 Å². The maximum atomic E-state index is 9.81. The standard InChI is InChI=1S/C11H11BrN2OS/c12-10-9-8(15)2-1-4-14(9)11(13-10)7-3-5-16-6-7/h1-2,4,7,15H,3,5-6H2. The van der Waals surface area contributed by atoms with Crippen LogP contribution in [0.2, 0.25) is 0 Å². The summed E-state index contributed by atoms with van der Waals surface area (Å²) in [6.45, 7) is 0. The van der Waals surface area contributed by atoms with Crippen molar-refractivity contribution in [3.8, 4) is 5.75 Å². The lowest BCUT2D eigenvalue weighted by atomic mass is 10.1. The Labute approximate surface area is 106 Å². The molecule has 3 nitrogen and oxygen atoms in total. The highest BCUT2D eigenvalue weighted by Crippen LogP contribution is 2.35. The molecule has 16 heavy (non-hydrogen) atoms. The van der Waals surface area contributed by atoms with Gasteiger partial charge in [-0.05, 0) is 40.2 Å². The van der Waals surface area contributed by atoms with Gasteiger partial charge in [-0.3, -0.25) is 4.40 Å². The van der Waals surface area contributed by atoms with E-state index >= 15 is 0 Å². The third-order valence-corrected chi connectivity index (χ3v) is 4.64. The summed E-state index contributed by atoms with van der Waals surface area (Å²) in [5.41, 5.74) is 0.773. The van der Waals surface area contributed by atoms with Crippen molar-refractivity contribution in [2.45, 2.75) is 12.3 Å². The molecule has 1 aliphatic rings. The van der Waals surface area contributed by atoms with Crippen LogP contribution < -0.4 is 0 Å². The molecule has 0 bridgehead atoms. The van der Waals surface area contributed by atoms with Gasteiger partial charge in [0.05, 0.1) is 0 Å². The van der Waals surface area contributed by atoms with Gasteiger partial charge in [-0.1, -0.05) is 0 Å². The molecule has 0 radical (unpaired) electrons. The average molecular weight is 299 g/mol. The van der Waals surface area contributed by atoms with E-state index in [2.05, 4.69) is 20.9 Å². The average Bonchev–Trinajstić information content (AvgIpc) is 2.86. The van der Waals surface area contributed by atoms with E-state index in [1.54, 1.807) is 6.07 Å². The van der Waals surface area contributed by atoms with Gasteiger partial charge in [0.1, 0.15) is 21.7 Å². The molecule has 0 amide bonds. The summed E-state index contributed by atoms with van der Waals surface area (Å²) >= 11 is 5.38. The zero-order valence-corrected chi connectivity index (χ0v) is 11.0. The summed E-state index contributed by atoms with van der Waals surface area (Å²) in [5, 5.41) is 9.81. The Morgan fingerprint density at radius 2 is 2.44 bits per heavy atom. The van der Waals surface area contributed by atoms with Gasteiger partial charge in [0.15, 0.2) is 0 Å². The lowest BCUT2D eigenvalue weighted by Crippen LogP contribution is -2.02. The Hall–Kier alpha value is -0.680. The second-order valence-corrected chi connectivity index (χ2v) is 5.83. The van der Waals surface area contributed by atoms with E-state index in [0.717, 1.165) is 21.7 Å². The maximum absolute atomic E-state index is 9.81. The lowest BCUT2D eigenvalue weighted by Gasteiger charge is -2.06. The SMILES string of the molecule is Oc1cccn2c(C3CCSC3)nc(Br)c12. The lowest BCUT2D eigenvalue weighted by molar-refractivity contribution is 0.478. The molecule has 84 valence electrons. The van der Waals surface area contributed by atoms with Crippen LogP contribution in [0.4, 0.5) is 0 Å². The van der Waals surface area contributed by atoms with E-state index in [9.17, 15) is 5.11 Å². The molecule has 0 aliphatic carbocycles. The third-order valence-electron chi connectivity index (χ3n) is 2.92. The van der Waals surface area contributed by atoms with E-state index in [4.69, 9.17) is 0 Å². The Morgan fingerprint density at radius 1 is 1.56 bits per heavy atom. The smallest absolute Gasteiger partial charge is 0.142 e. The quantitative estimate of drug-likeness (QED) is 0.879. The summed E-state index contributed by atoms with van der Waals surface area (Å²) in [6, 6.07) is 3.54. The van der Waals surface area contributed by atoms with Crippen molar-refractivity contribution in [3.05, 3.63) is 28.8 Å². The number of nitrogens with zero attached hydrogens (tertiary/aromatic N) is 2. The molecule has 1 N–H and O–H groups in total. The third kappa shape index (κ3) is 1.53. The molecular weight excluding hydrogens is 288 g/mol. The van der Waals surface area contributed by atoms with Crippen LogP contribution in [0.3, 0.4) is 0 Å². The van der Waals surface area contributed by atoms with E-state index in [1.165, 1.54) is 12.2 Å². The highest BCUT2D eigenvalue weighted by Gasteiger charge is 2.24. The first-order valence-corrected chi connectivity index (χ1v) is 7.15. The molecule has 2 aromatic rings. The first-order valence-electron chi connectivity index (χ1n) is 5.20. The monoisotopic (exact) mass is 298 g/mol. The van der Waals surface area contributed by atoms with Crippen molar-refractivity contribution < 1.29 is 5.11 Å². The summed E-state index contributed by atoms with van der Waals surface area (Å²) in [6.07, 6.45) is 3.14. The number of fused-ring (bicyclic) bond motifs is 1. The van der Waals surface area contributed by atoms with Gasteiger partial charge in [0.25, 0.3) is 0 Å². The number of aromatic hydroxyl groups is 1. The number of hydrogen-bond donors (Lipinski definition) is 1. The van der Waals surface area contributed by atoms with Crippen molar-refractivity contribution in [1.29, 1.82) is 0 Å². The molecule has 0 saturated carbocycles. The summed E-state index contributed by atoms with van der Waals surface area (Å²) in [5.74, 6) is 4.17. The molecular formula is C11H11BrN2OS. The number of halogens is 1. The number of rotatable bonds is 1. The zero-order valence-electron chi connectivity index (χ0n) is 8.56. The van der Waals surface area contributed by atoms with Gasteiger partial charge in [0.2, 0.25) is 0 Å². The molecule has 0 aromatic carbocycles. The fourth-order valence-electron chi connectivity index (χ4n) is 2.13. The van der Waals surface area contributed by atoms with Gasteiger partial charge in [-0.2, -0.15) is 11.8 Å². The first-order chi connectivity index (χ1) is 7.77. The fourth-order valence-corrected chi connectivity index (χ4v) is 3.92. The summed E-state index contributed by atoms with van der Waals surface area (Å²) in [7, 11) is 0. The normalized spacial score (nSPS) is 20.7. The van der Waals surface area contributed by atoms with E-state index in [0.29, 0.717) is 5.92 Å². The van der Waals surface area contributed by atoms with E-state index < -0.39 is 0 Å². The second kappa shape index (κ2) is 3.96. The zero-order chi connectivity index (χ0) is 11.1. The van der Waals surface area contributed by atoms with Crippen molar-refractivity contribution in [1.82, 2.24) is 9.38 Å². The minimum atomic E-state index is 0.277. The minimum Gasteiger partial charge on any atom is -0.506 e. The van der Waals surface area contributed by atoms with Crippen LogP contribution in [0.1, 0.15) is 18.2 Å². The topological polar surface area (TPSA) is 37.5 Å². The highest BCUT2D eigenvalue weighted by atomic mass is 79.9. The summed E-state index contributed by atoms with van der Waals surface area (Å²) in [4.78, 5) is 4.54. The first kappa shape index (κ1) is 10.5. The second-order valence-electron chi connectivity index (χ2n) is 3.93. The molecule has 1 atom stereocenters. The number of imidazole rings is 1. The summed E-state index contributed by atoms with van der Waals surface area (Å²) < 4.78 is 2.73. The Morgan fingerprint density at radius 3 is 3.19 bits per heavy atom. The van der Waals surface area contributed by atoms with Crippen LogP contribution in [-0.4, -0.2) is 26.0 Å². The van der Waals surface area contributed by atoms with Crippen LogP contribution in [0.15, 0.2) is 22.9 Å².